The number of rotatable bonds is 3. The van der Waals surface area contributed by atoms with Gasteiger partial charge in [0.25, 0.3) is 0 Å². The molecule has 0 amide bonds. The van der Waals surface area contributed by atoms with Crippen molar-refractivity contribution in [3.05, 3.63) is 26.6 Å². The van der Waals surface area contributed by atoms with Crippen molar-refractivity contribution in [1.82, 2.24) is 10.2 Å². The van der Waals surface area contributed by atoms with Gasteiger partial charge in [0, 0.05) is 42.3 Å². The maximum atomic E-state index is 10.4. The van der Waals surface area contributed by atoms with E-state index in [4.69, 9.17) is 0 Å². The maximum Gasteiger partial charge on any atom is 0.135 e. The summed E-state index contributed by atoms with van der Waals surface area (Å²) < 4.78 is 1.80. The molecular formula is C14H20Br2Cl2N2O. The van der Waals surface area contributed by atoms with Gasteiger partial charge in [-0.05, 0) is 46.8 Å². The molecule has 7 heteroatoms. The lowest BCUT2D eigenvalue weighted by Gasteiger charge is -2.36. The van der Waals surface area contributed by atoms with Gasteiger partial charge in [-0.3, -0.25) is 4.90 Å². The van der Waals surface area contributed by atoms with E-state index in [0.29, 0.717) is 17.7 Å². The molecule has 1 aliphatic carbocycles. The first kappa shape index (κ1) is 19.5. The summed E-state index contributed by atoms with van der Waals surface area (Å²) in [6.45, 7) is 4.18. The van der Waals surface area contributed by atoms with Crippen molar-refractivity contribution in [2.24, 2.45) is 5.92 Å². The number of aromatic hydroxyl groups is 1. The van der Waals surface area contributed by atoms with Crippen molar-refractivity contribution in [1.29, 1.82) is 0 Å². The zero-order valence-electron chi connectivity index (χ0n) is 11.5. The number of phenolic OH excluding ortho intramolecular Hbond substituents is 1. The van der Waals surface area contributed by atoms with Crippen molar-refractivity contribution in [3.63, 3.8) is 0 Å². The highest BCUT2D eigenvalue weighted by atomic mass is 79.9. The highest BCUT2D eigenvalue weighted by Gasteiger charge is 2.39. The Labute approximate surface area is 154 Å². The first-order chi connectivity index (χ1) is 9.18. The van der Waals surface area contributed by atoms with Gasteiger partial charge in [0.2, 0.25) is 0 Å². The van der Waals surface area contributed by atoms with E-state index in [1.165, 1.54) is 12.8 Å². The van der Waals surface area contributed by atoms with Crippen LogP contribution < -0.4 is 5.32 Å². The van der Waals surface area contributed by atoms with Gasteiger partial charge in [-0.2, -0.15) is 0 Å². The Hall–Kier alpha value is 0.480. The molecule has 0 unspecified atom stereocenters. The molecule has 1 aliphatic heterocycles. The summed E-state index contributed by atoms with van der Waals surface area (Å²) in [5.74, 6) is 1.08. The molecule has 1 saturated heterocycles. The lowest BCUT2D eigenvalue weighted by molar-refractivity contribution is 0.153. The molecule has 2 fully saturated rings. The lowest BCUT2D eigenvalue weighted by Crippen LogP contribution is -2.45. The van der Waals surface area contributed by atoms with E-state index in [1.807, 2.05) is 12.1 Å². The Morgan fingerprint density at radius 1 is 1.10 bits per heavy atom. The molecule has 0 spiro atoms. The first-order valence-electron chi connectivity index (χ1n) is 6.80. The second kappa shape index (κ2) is 8.37. The van der Waals surface area contributed by atoms with E-state index in [-0.39, 0.29) is 24.8 Å². The van der Waals surface area contributed by atoms with Gasteiger partial charge in [-0.25, -0.2) is 0 Å². The molecule has 2 aliphatic rings. The summed E-state index contributed by atoms with van der Waals surface area (Å²) >= 11 is 7.06. The van der Waals surface area contributed by atoms with Gasteiger partial charge in [-0.15, -0.1) is 24.8 Å². The fourth-order valence-corrected chi connectivity index (χ4v) is 3.83. The van der Waals surface area contributed by atoms with Crippen LogP contribution in [0.15, 0.2) is 21.1 Å². The third kappa shape index (κ3) is 4.27. The van der Waals surface area contributed by atoms with Crippen LogP contribution >= 0.6 is 56.7 Å². The minimum atomic E-state index is 0. The standard InChI is InChI=1S/C14H18Br2N2O.2ClH/c15-10-3-4-11(16)14(19)12(10)13(9-1-2-9)18-7-5-17-6-8-18;;/h3-4,9,13,17,19H,1-2,5-8H2;2*1H/t13-;;/m1../s1. The van der Waals surface area contributed by atoms with Crippen LogP contribution in [0.1, 0.15) is 24.4 Å². The van der Waals surface area contributed by atoms with Crippen LogP contribution in [-0.4, -0.2) is 36.2 Å². The average molecular weight is 463 g/mol. The molecule has 0 bridgehead atoms. The van der Waals surface area contributed by atoms with Crippen molar-refractivity contribution in [2.75, 3.05) is 26.2 Å². The van der Waals surface area contributed by atoms with Crippen molar-refractivity contribution in [2.45, 2.75) is 18.9 Å². The highest BCUT2D eigenvalue weighted by molar-refractivity contribution is 9.11. The SMILES string of the molecule is Cl.Cl.Oc1c(Br)ccc(Br)c1[C@@H](C1CC1)N1CCNCC1. The quantitative estimate of drug-likeness (QED) is 0.709. The van der Waals surface area contributed by atoms with Crippen LogP contribution in [0.5, 0.6) is 5.75 Å². The molecule has 1 atom stereocenters. The monoisotopic (exact) mass is 460 g/mol. The summed E-state index contributed by atoms with van der Waals surface area (Å²) in [4.78, 5) is 2.51. The van der Waals surface area contributed by atoms with Crippen LogP contribution in [0.4, 0.5) is 0 Å². The second-order valence-electron chi connectivity index (χ2n) is 5.36. The summed E-state index contributed by atoms with van der Waals surface area (Å²) in [6.07, 6.45) is 2.54. The van der Waals surface area contributed by atoms with Crippen LogP contribution in [0, 0.1) is 5.92 Å². The number of halogens is 4. The van der Waals surface area contributed by atoms with E-state index >= 15 is 0 Å². The molecule has 1 saturated carbocycles. The van der Waals surface area contributed by atoms with E-state index < -0.39 is 0 Å². The van der Waals surface area contributed by atoms with Gasteiger partial charge in [0.15, 0.2) is 0 Å². The van der Waals surface area contributed by atoms with Crippen molar-refractivity contribution in [3.8, 4) is 5.75 Å². The minimum absolute atomic E-state index is 0. The first-order valence-corrected chi connectivity index (χ1v) is 8.38. The zero-order chi connectivity index (χ0) is 13.4. The average Bonchev–Trinajstić information content (AvgIpc) is 3.24. The Bertz CT molecular complexity index is 480. The minimum Gasteiger partial charge on any atom is -0.506 e. The summed E-state index contributed by atoms with van der Waals surface area (Å²) in [7, 11) is 0. The second-order valence-corrected chi connectivity index (χ2v) is 7.07. The molecule has 1 aromatic carbocycles. The number of nitrogens with zero attached hydrogens (tertiary/aromatic N) is 1. The molecule has 21 heavy (non-hydrogen) atoms. The van der Waals surface area contributed by atoms with Crippen LogP contribution in [0.3, 0.4) is 0 Å². The largest absolute Gasteiger partial charge is 0.506 e. The van der Waals surface area contributed by atoms with Gasteiger partial charge < -0.3 is 10.4 Å². The van der Waals surface area contributed by atoms with Gasteiger partial charge in [-0.1, -0.05) is 15.9 Å². The lowest BCUT2D eigenvalue weighted by atomic mass is 9.99. The molecule has 0 radical (unpaired) electrons. The summed E-state index contributed by atoms with van der Waals surface area (Å²) in [5, 5.41) is 13.8. The highest BCUT2D eigenvalue weighted by Crippen LogP contribution is 2.50. The number of nitrogens with one attached hydrogen (secondary N) is 1. The van der Waals surface area contributed by atoms with Crippen LogP contribution in [0.25, 0.3) is 0 Å². The predicted molar refractivity (Wildman–Crippen MR) is 97.9 cm³/mol. The van der Waals surface area contributed by atoms with Crippen molar-refractivity contribution >= 4 is 56.7 Å². The molecule has 0 aromatic heterocycles. The Morgan fingerprint density at radius 2 is 1.67 bits per heavy atom. The Balaban J connectivity index is 0.00000110. The van der Waals surface area contributed by atoms with Gasteiger partial charge >= 0.3 is 0 Å². The van der Waals surface area contributed by atoms with Gasteiger partial charge in [0.1, 0.15) is 5.75 Å². The van der Waals surface area contributed by atoms with Crippen LogP contribution in [0.2, 0.25) is 0 Å². The third-order valence-electron chi connectivity index (χ3n) is 4.02. The molecule has 3 rings (SSSR count). The number of benzene rings is 1. The number of phenols is 1. The summed E-state index contributed by atoms with van der Waals surface area (Å²) in [6, 6.07) is 4.26. The zero-order valence-corrected chi connectivity index (χ0v) is 16.3. The predicted octanol–water partition coefficient (Wildman–Crippen LogP) is 4.12. The number of piperazine rings is 1. The summed E-state index contributed by atoms with van der Waals surface area (Å²) in [5.41, 5.74) is 1.05. The molecule has 120 valence electrons. The fourth-order valence-electron chi connectivity index (χ4n) is 2.93. The topological polar surface area (TPSA) is 35.5 Å². The maximum absolute atomic E-state index is 10.4. The van der Waals surface area contributed by atoms with E-state index in [9.17, 15) is 5.11 Å². The fraction of sp³-hybridized carbons (Fsp3) is 0.571. The smallest absolute Gasteiger partial charge is 0.135 e. The van der Waals surface area contributed by atoms with E-state index in [0.717, 1.165) is 40.7 Å². The van der Waals surface area contributed by atoms with E-state index in [1.54, 1.807) is 0 Å². The molecule has 1 aromatic rings. The van der Waals surface area contributed by atoms with E-state index in [2.05, 4.69) is 42.1 Å². The van der Waals surface area contributed by atoms with Crippen molar-refractivity contribution < 1.29 is 5.11 Å². The van der Waals surface area contributed by atoms with Gasteiger partial charge in [0.05, 0.1) is 4.47 Å². The molecule has 1 heterocycles. The number of hydrogen-bond donors (Lipinski definition) is 2. The Morgan fingerprint density at radius 3 is 2.24 bits per heavy atom. The molecular weight excluding hydrogens is 443 g/mol. The Kier molecular flexibility index (Phi) is 7.78. The molecule has 2 N–H and O–H groups in total. The van der Waals surface area contributed by atoms with Crippen LogP contribution in [-0.2, 0) is 0 Å². The molecule has 3 nitrogen and oxygen atoms in total. The number of hydrogen-bond acceptors (Lipinski definition) is 3. The normalized spacial score (nSPS) is 20.3. The third-order valence-corrected chi connectivity index (χ3v) is 5.36.